The number of nitrogens with two attached hydrogens (primary N) is 1. The van der Waals surface area contributed by atoms with Gasteiger partial charge in [-0.25, -0.2) is 5.01 Å². The van der Waals surface area contributed by atoms with Gasteiger partial charge < -0.3 is 19.9 Å². The second-order valence-corrected chi connectivity index (χ2v) is 8.75. The molecule has 0 amide bonds. The van der Waals surface area contributed by atoms with Gasteiger partial charge in [-0.05, 0) is 24.0 Å². The number of benzene rings is 2. The molecular weight excluding hydrogens is 444 g/mol. The summed E-state index contributed by atoms with van der Waals surface area (Å²) in [6.45, 7) is 0. The predicted molar refractivity (Wildman–Crippen MR) is 132 cm³/mol. The van der Waals surface area contributed by atoms with Crippen LogP contribution in [-0.2, 0) is 4.79 Å². The molecule has 0 unspecified atom stereocenters. The van der Waals surface area contributed by atoms with Gasteiger partial charge in [-0.1, -0.05) is 30.3 Å². The number of carbonyl (C=O) groups is 1. The van der Waals surface area contributed by atoms with E-state index >= 15 is 0 Å². The van der Waals surface area contributed by atoms with Gasteiger partial charge >= 0.3 is 0 Å². The first kappa shape index (κ1) is 24.2. The van der Waals surface area contributed by atoms with Crippen molar-refractivity contribution in [2.45, 2.75) is 24.7 Å². The molecule has 8 nitrogen and oxygen atoms in total. The highest BCUT2D eigenvalue weighted by atomic mass is 16.5. The van der Waals surface area contributed by atoms with Crippen LogP contribution in [0.1, 0.15) is 35.8 Å². The average Bonchev–Trinajstić information content (AvgIpc) is 2.87. The fraction of sp³-hybridized carbons (Fsp3) is 0.333. The first-order valence-electron chi connectivity index (χ1n) is 11.3. The molecule has 0 spiro atoms. The highest BCUT2D eigenvalue weighted by molar-refractivity contribution is 6.00. The summed E-state index contributed by atoms with van der Waals surface area (Å²) < 4.78 is 16.6. The van der Waals surface area contributed by atoms with Crippen LogP contribution in [0.15, 0.2) is 65.1 Å². The smallest absolute Gasteiger partial charge is 0.164 e. The largest absolute Gasteiger partial charge is 0.496 e. The Balaban J connectivity index is 1.96. The third-order valence-electron chi connectivity index (χ3n) is 6.66. The van der Waals surface area contributed by atoms with Gasteiger partial charge in [0.25, 0.3) is 0 Å². The van der Waals surface area contributed by atoms with Crippen molar-refractivity contribution in [1.82, 2.24) is 10.0 Å². The van der Waals surface area contributed by atoms with Gasteiger partial charge in [0.2, 0.25) is 0 Å². The molecule has 2 atom stereocenters. The van der Waals surface area contributed by atoms with Gasteiger partial charge in [0.1, 0.15) is 11.6 Å². The summed E-state index contributed by atoms with van der Waals surface area (Å²) in [6.07, 6.45) is 0.948. The van der Waals surface area contributed by atoms with E-state index in [0.717, 1.165) is 11.3 Å². The Morgan fingerprint density at radius 3 is 2.20 bits per heavy atom. The van der Waals surface area contributed by atoms with Crippen molar-refractivity contribution in [3.8, 4) is 23.3 Å². The molecule has 0 aromatic heterocycles. The molecule has 1 heterocycles. The van der Waals surface area contributed by atoms with Crippen molar-refractivity contribution in [3.63, 3.8) is 0 Å². The van der Waals surface area contributed by atoms with Crippen LogP contribution in [0.25, 0.3) is 0 Å². The minimum Gasteiger partial charge on any atom is -0.496 e. The third-order valence-corrected chi connectivity index (χ3v) is 6.66. The molecule has 2 N–H and O–H groups in total. The molecule has 0 fully saturated rings. The number of allylic oxidation sites excluding steroid dienone is 3. The highest BCUT2D eigenvalue weighted by Gasteiger charge is 2.44. The maximum Gasteiger partial charge on any atom is 0.164 e. The summed E-state index contributed by atoms with van der Waals surface area (Å²) in [5, 5.41) is 13.8. The number of hydrazine groups is 1. The Bertz CT molecular complexity index is 1240. The van der Waals surface area contributed by atoms with Crippen LogP contribution in [-0.4, -0.2) is 51.2 Å². The molecule has 2 aromatic carbocycles. The van der Waals surface area contributed by atoms with E-state index in [4.69, 9.17) is 19.9 Å². The van der Waals surface area contributed by atoms with Gasteiger partial charge in [-0.15, -0.1) is 0 Å². The predicted octanol–water partition coefficient (Wildman–Crippen LogP) is 3.68. The molecule has 2 aliphatic rings. The summed E-state index contributed by atoms with van der Waals surface area (Å²) in [6, 6.07) is 15.8. The lowest BCUT2D eigenvalue weighted by atomic mass is 9.72. The number of Topliss-reactive ketones (excluding diaryl/α,β-unsaturated/α-hetero) is 1. The Morgan fingerprint density at radius 1 is 1.00 bits per heavy atom. The van der Waals surface area contributed by atoms with Crippen molar-refractivity contribution in [3.05, 3.63) is 76.3 Å². The number of nitrogens with zero attached hydrogens (tertiary/aromatic N) is 3. The molecule has 0 saturated heterocycles. The number of rotatable bonds is 6. The summed E-state index contributed by atoms with van der Waals surface area (Å²) in [7, 11) is 8.32. The van der Waals surface area contributed by atoms with Gasteiger partial charge in [0.05, 0.1) is 38.9 Å². The number of carbonyl (C=O) groups excluding carboxylic acids is 1. The van der Waals surface area contributed by atoms with E-state index in [1.54, 1.807) is 38.5 Å². The van der Waals surface area contributed by atoms with Crippen molar-refractivity contribution in [2.75, 3.05) is 35.4 Å². The molecule has 1 aliphatic carbocycles. The summed E-state index contributed by atoms with van der Waals surface area (Å²) in [4.78, 5) is 13.8. The maximum absolute atomic E-state index is 13.8. The molecule has 4 rings (SSSR count). The minimum atomic E-state index is -0.690. The van der Waals surface area contributed by atoms with Crippen molar-refractivity contribution >= 4 is 5.78 Å². The number of hydrogen-bond donors (Lipinski definition) is 1. The number of ketones is 1. The standard InChI is InChI=1S/C27H30N4O4/c1-30(2)31-20-11-17(16-9-7-6-8-10-16)12-21(32)26(20)25(19(15-28)27(31)29)18-13-23(34-4)24(35-5)14-22(18)33-3/h6-10,13-14,17,25H,11-12,29H2,1-5H3/t17-,25-/m0/s1. The van der Waals surface area contributed by atoms with Crippen LogP contribution >= 0.6 is 0 Å². The number of hydrogen-bond acceptors (Lipinski definition) is 8. The maximum atomic E-state index is 13.8. The SMILES string of the molecule is COc1cc(OC)c([C@H]2C(C#N)=C(N)N(N(C)C)C3=C2C(=O)C[C@@H](c2ccccc2)C3)cc1OC. The third kappa shape index (κ3) is 4.08. The Labute approximate surface area is 205 Å². The fourth-order valence-electron chi connectivity index (χ4n) is 5.12. The van der Waals surface area contributed by atoms with Gasteiger partial charge in [-0.2, -0.15) is 5.26 Å². The van der Waals surface area contributed by atoms with Crippen LogP contribution in [0.3, 0.4) is 0 Å². The Hall–Kier alpha value is -3.96. The molecule has 2 aromatic rings. The van der Waals surface area contributed by atoms with Crippen molar-refractivity contribution in [2.24, 2.45) is 5.73 Å². The molecule has 0 saturated carbocycles. The summed E-state index contributed by atoms with van der Waals surface area (Å²) in [5.74, 6) is 1.04. The monoisotopic (exact) mass is 474 g/mol. The molecule has 0 bridgehead atoms. The highest BCUT2D eigenvalue weighted by Crippen LogP contribution is 2.51. The number of nitriles is 1. The lowest BCUT2D eigenvalue weighted by Crippen LogP contribution is -2.46. The minimum absolute atomic E-state index is 0.00860. The van der Waals surface area contributed by atoms with Crippen LogP contribution in [0.4, 0.5) is 0 Å². The lowest BCUT2D eigenvalue weighted by molar-refractivity contribution is -0.117. The quantitative estimate of drug-likeness (QED) is 0.677. The second-order valence-electron chi connectivity index (χ2n) is 8.75. The molecule has 1 aliphatic heterocycles. The molecule has 35 heavy (non-hydrogen) atoms. The van der Waals surface area contributed by atoms with Crippen LogP contribution in [0, 0.1) is 11.3 Å². The molecular formula is C27H30N4O4. The van der Waals surface area contributed by atoms with Gasteiger partial charge in [0, 0.05) is 43.4 Å². The van der Waals surface area contributed by atoms with Crippen molar-refractivity contribution in [1.29, 1.82) is 5.26 Å². The topological polar surface area (TPSA) is 101 Å². The zero-order valence-corrected chi connectivity index (χ0v) is 20.7. The Morgan fingerprint density at radius 2 is 1.63 bits per heavy atom. The molecule has 8 heteroatoms. The zero-order valence-electron chi connectivity index (χ0n) is 20.7. The normalized spacial score (nSPS) is 20.0. The summed E-state index contributed by atoms with van der Waals surface area (Å²) >= 11 is 0. The number of ether oxygens (including phenoxy) is 3. The van der Waals surface area contributed by atoms with E-state index in [2.05, 4.69) is 6.07 Å². The van der Waals surface area contributed by atoms with Crippen LogP contribution in [0.2, 0.25) is 0 Å². The first-order chi connectivity index (χ1) is 16.9. The molecule has 0 radical (unpaired) electrons. The Kier molecular flexibility index (Phi) is 6.72. The zero-order chi connectivity index (χ0) is 25.3. The van der Waals surface area contributed by atoms with Crippen molar-refractivity contribution < 1.29 is 19.0 Å². The van der Waals surface area contributed by atoms with Crippen LogP contribution < -0.4 is 19.9 Å². The number of methoxy groups -OCH3 is 3. The van der Waals surface area contributed by atoms with E-state index in [9.17, 15) is 10.1 Å². The average molecular weight is 475 g/mol. The van der Waals surface area contributed by atoms with E-state index < -0.39 is 5.92 Å². The van der Waals surface area contributed by atoms with Gasteiger partial charge in [0.15, 0.2) is 17.3 Å². The van der Waals surface area contributed by atoms with E-state index in [1.165, 1.54) is 0 Å². The molecule has 182 valence electrons. The second kappa shape index (κ2) is 9.72. The fourth-order valence-corrected chi connectivity index (χ4v) is 5.12. The summed E-state index contributed by atoms with van der Waals surface area (Å²) in [5.41, 5.74) is 9.97. The van der Waals surface area contributed by atoms with E-state index in [-0.39, 0.29) is 17.3 Å². The van der Waals surface area contributed by atoms with Gasteiger partial charge in [-0.3, -0.25) is 9.80 Å². The van der Waals surface area contributed by atoms with Crippen LogP contribution in [0.5, 0.6) is 17.2 Å². The van der Waals surface area contributed by atoms with E-state index in [0.29, 0.717) is 47.0 Å². The first-order valence-corrected chi connectivity index (χ1v) is 11.3. The lowest BCUT2D eigenvalue weighted by Gasteiger charge is -2.44. The van der Waals surface area contributed by atoms with E-state index in [1.807, 2.05) is 49.4 Å².